The molecule has 0 saturated heterocycles. The van der Waals surface area contributed by atoms with Crippen LogP contribution in [0.3, 0.4) is 0 Å². The molecular weight excluding hydrogens is 232 g/mol. The molecule has 0 aromatic carbocycles. The molecule has 0 heterocycles. The number of hydrogen-bond acceptors (Lipinski definition) is 1. The molecule has 19 heavy (non-hydrogen) atoms. The normalized spacial score (nSPS) is 39.1. The van der Waals surface area contributed by atoms with Gasteiger partial charge in [-0.15, -0.1) is 0 Å². The van der Waals surface area contributed by atoms with Crippen molar-refractivity contribution < 1.29 is 4.79 Å². The number of carbonyl (C=O) groups is 1. The summed E-state index contributed by atoms with van der Waals surface area (Å²) in [7, 11) is 0. The van der Waals surface area contributed by atoms with Crippen molar-refractivity contribution in [1.29, 1.82) is 0 Å². The highest BCUT2D eigenvalue weighted by Gasteiger charge is 2.68. The number of fused-ring (bicyclic) bond motifs is 1. The zero-order valence-corrected chi connectivity index (χ0v) is 13.4. The summed E-state index contributed by atoms with van der Waals surface area (Å²) in [5, 5.41) is 0. The van der Waals surface area contributed by atoms with Crippen molar-refractivity contribution in [1.82, 2.24) is 0 Å². The number of carbonyl (C=O) groups excluding carboxylic acids is 1. The van der Waals surface area contributed by atoms with Gasteiger partial charge in [-0.25, -0.2) is 0 Å². The van der Waals surface area contributed by atoms with Crippen LogP contribution in [0.2, 0.25) is 0 Å². The number of rotatable bonds is 0. The highest BCUT2D eigenvalue weighted by molar-refractivity contribution is 5.98. The average molecular weight is 258 g/mol. The predicted molar refractivity (Wildman–Crippen MR) is 78.8 cm³/mol. The van der Waals surface area contributed by atoms with Gasteiger partial charge >= 0.3 is 0 Å². The molecule has 1 heteroatoms. The standard InChI is InChI=1S/C18H26O/c1-10-11(2)14-13(4)18(8-9-18)16(5,6)15(19)17(14,7)12(10)3/h12H,8-9H2,1-7H3. The van der Waals surface area contributed by atoms with Crippen LogP contribution >= 0.6 is 0 Å². The first-order valence-electron chi connectivity index (χ1n) is 7.57. The summed E-state index contributed by atoms with van der Waals surface area (Å²) < 4.78 is 0. The van der Waals surface area contributed by atoms with Crippen molar-refractivity contribution in [2.24, 2.45) is 22.2 Å². The molecule has 3 aliphatic rings. The van der Waals surface area contributed by atoms with Crippen LogP contribution in [0.25, 0.3) is 0 Å². The van der Waals surface area contributed by atoms with Crippen LogP contribution in [0, 0.1) is 22.2 Å². The molecule has 3 aliphatic carbocycles. The number of allylic oxidation sites excluding steroid dienone is 4. The predicted octanol–water partition coefficient (Wildman–Crippen LogP) is 4.68. The lowest BCUT2D eigenvalue weighted by Gasteiger charge is -2.49. The molecule has 0 aromatic heterocycles. The lowest BCUT2D eigenvalue weighted by molar-refractivity contribution is -0.140. The Bertz CT molecular complexity index is 554. The van der Waals surface area contributed by atoms with Crippen molar-refractivity contribution in [3.8, 4) is 0 Å². The van der Waals surface area contributed by atoms with Crippen molar-refractivity contribution >= 4 is 5.78 Å². The average Bonchev–Trinajstić information content (AvgIpc) is 3.12. The summed E-state index contributed by atoms with van der Waals surface area (Å²) in [5.74, 6) is 0.821. The molecule has 0 aromatic rings. The second kappa shape index (κ2) is 3.24. The monoisotopic (exact) mass is 258 g/mol. The molecule has 2 atom stereocenters. The Hall–Kier alpha value is -0.850. The van der Waals surface area contributed by atoms with Gasteiger partial charge in [0.15, 0.2) is 0 Å². The highest BCUT2D eigenvalue weighted by atomic mass is 16.1. The molecule has 0 amide bonds. The number of ketones is 1. The summed E-state index contributed by atoms with van der Waals surface area (Å²) in [5.41, 5.74) is 5.40. The van der Waals surface area contributed by atoms with Crippen molar-refractivity contribution in [2.75, 3.05) is 0 Å². The molecule has 1 spiro atoms. The van der Waals surface area contributed by atoms with Crippen LogP contribution in [0.15, 0.2) is 22.3 Å². The first kappa shape index (κ1) is 13.1. The van der Waals surface area contributed by atoms with Crippen molar-refractivity contribution in [2.45, 2.75) is 61.3 Å². The summed E-state index contributed by atoms with van der Waals surface area (Å²) in [6.45, 7) is 15.5. The van der Waals surface area contributed by atoms with E-state index < -0.39 is 0 Å². The topological polar surface area (TPSA) is 17.1 Å². The lowest BCUT2D eigenvalue weighted by atomic mass is 9.52. The van der Waals surface area contributed by atoms with E-state index in [4.69, 9.17) is 0 Å². The van der Waals surface area contributed by atoms with Crippen molar-refractivity contribution in [3.63, 3.8) is 0 Å². The molecule has 1 nitrogen and oxygen atoms in total. The van der Waals surface area contributed by atoms with Gasteiger partial charge in [-0.2, -0.15) is 0 Å². The maximum atomic E-state index is 13.3. The van der Waals surface area contributed by atoms with Crippen LogP contribution in [0.4, 0.5) is 0 Å². The third-order valence-electron chi connectivity index (χ3n) is 7.08. The Labute approximate surface area is 117 Å². The van der Waals surface area contributed by atoms with Gasteiger partial charge in [0.1, 0.15) is 5.78 Å². The Kier molecular flexibility index (Phi) is 2.24. The number of hydrogen-bond donors (Lipinski definition) is 0. The largest absolute Gasteiger partial charge is 0.298 e. The van der Waals surface area contributed by atoms with E-state index in [0.717, 1.165) is 0 Å². The van der Waals surface area contributed by atoms with Gasteiger partial charge in [0.25, 0.3) is 0 Å². The molecule has 0 aliphatic heterocycles. The summed E-state index contributed by atoms with van der Waals surface area (Å²) in [6, 6.07) is 0. The van der Waals surface area contributed by atoms with Gasteiger partial charge in [0, 0.05) is 10.8 Å². The third kappa shape index (κ3) is 1.13. The Morgan fingerprint density at radius 2 is 1.58 bits per heavy atom. The van der Waals surface area contributed by atoms with Gasteiger partial charge in [0.05, 0.1) is 5.41 Å². The third-order valence-corrected chi connectivity index (χ3v) is 7.08. The van der Waals surface area contributed by atoms with E-state index in [9.17, 15) is 4.79 Å². The Balaban J connectivity index is 2.35. The molecule has 0 radical (unpaired) electrons. The maximum Gasteiger partial charge on any atom is 0.150 e. The van der Waals surface area contributed by atoms with E-state index in [1.807, 2.05) is 0 Å². The van der Waals surface area contributed by atoms with Crippen LogP contribution < -0.4 is 0 Å². The van der Waals surface area contributed by atoms with Crippen LogP contribution in [-0.4, -0.2) is 5.78 Å². The molecular formula is C18H26O. The van der Waals surface area contributed by atoms with Crippen LogP contribution in [-0.2, 0) is 4.79 Å². The lowest BCUT2D eigenvalue weighted by Crippen LogP contribution is -2.51. The minimum absolute atomic E-state index is 0.171. The van der Waals surface area contributed by atoms with Gasteiger partial charge in [-0.1, -0.05) is 31.9 Å². The minimum Gasteiger partial charge on any atom is -0.298 e. The summed E-state index contributed by atoms with van der Waals surface area (Å²) in [4.78, 5) is 13.3. The fourth-order valence-electron chi connectivity index (χ4n) is 5.24. The molecule has 104 valence electrons. The van der Waals surface area contributed by atoms with Crippen LogP contribution in [0.1, 0.15) is 61.3 Å². The smallest absolute Gasteiger partial charge is 0.150 e. The zero-order chi connectivity index (χ0) is 14.4. The second-order valence-electron chi connectivity index (χ2n) is 7.77. The molecule has 3 rings (SSSR count). The molecule has 1 fully saturated rings. The molecule has 1 saturated carbocycles. The molecule has 2 unspecified atom stereocenters. The van der Waals surface area contributed by atoms with Gasteiger partial charge in [-0.3, -0.25) is 4.79 Å². The van der Waals surface area contributed by atoms with E-state index in [1.54, 1.807) is 0 Å². The van der Waals surface area contributed by atoms with E-state index in [1.165, 1.54) is 35.1 Å². The van der Waals surface area contributed by atoms with Gasteiger partial charge < -0.3 is 0 Å². The van der Waals surface area contributed by atoms with Gasteiger partial charge in [0.2, 0.25) is 0 Å². The number of Topliss-reactive ketones (excluding diaryl/α,β-unsaturated/α-hetero) is 1. The quantitative estimate of drug-likeness (QED) is 0.616. The first-order valence-corrected chi connectivity index (χ1v) is 7.57. The second-order valence-corrected chi connectivity index (χ2v) is 7.77. The van der Waals surface area contributed by atoms with Gasteiger partial charge in [-0.05, 0) is 57.6 Å². The van der Waals surface area contributed by atoms with E-state index in [-0.39, 0.29) is 16.2 Å². The minimum atomic E-state index is -0.282. The van der Waals surface area contributed by atoms with Crippen LogP contribution in [0.5, 0.6) is 0 Å². The Morgan fingerprint density at radius 1 is 1.05 bits per heavy atom. The first-order chi connectivity index (χ1) is 8.62. The Morgan fingerprint density at radius 3 is 2.05 bits per heavy atom. The fourth-order valence-corrected chi connectivity index (χ4v) is 5.24. The fraction of sp³-hybridized carbons (Fsp3) is 0.722. The molecule has 0 bridgehead atoms. The van der Waals surface area contributed by atoms with E-state index >= 15 is 0 Å². The molecule has 0 N–H and O–H groups in total. The SMILES string of the molecule is CC1=C(C)C(C)C2(C)C(=O)C(C)(C)C3(CC3)C(C)=C12. The van der Waals surface area contributed by atoms with E-state index in [2.05, 4.69) is 48.5 Å². The van der Waals surface area contributed by atoms with E-state index in [0.29, 0.717) is 11.7 Å². The summed E-state index contributed by atoms with van der Waals surface area (Å²) >= 11 is 0. The maximum absolute atomic E-state index is 13.3. The highest BCUT2D eigenvalue weighted by Crippen LogP contribution is 2.72. The van der Waals surface area contributed by atoms with Crippen molar-refractivity contribution in [3.05, 3.63) is 22.3 Å². The summed E-state index contributed by atoms with van der Waals surface area (Å²) in [6.07, 6.45) is 2.38. The zero-order valence-electron chi connectivity index (χ0n) is 13.4.